The summed E-state index contributed by atoms with van der Waals surface area (Å²) in [7, 11) is 1.59. The third-order valence-corrected chi connectivity index (χ3v) is 3.96. The molecule has 28 heavy (non-hydrogen) atoms. The van der Waals surface area contributed by atoms with Crippen molar-refractivity contribution >= 4 is 18.0 Å². The normalized spacial score (nSPS) is 11.6. The van der Waals surface area contributed by atoms with Gasteiger partial charge in [-0.15, -0.1) is 0 Å². The van der Waals surface area contributed by atoms with Crippen LogP contribution in [0.5, 0.6) is 5.75 Å². The lowest BCUT2D eigenvalue weighted by Gasteiger charge is -2.18. The number of benzene rings is 1. The predicted octanol–water partition coefficient (Wildman–Crippen LogP) is 2.89. The second kappa shape index (κ2) is 15.7. The zero-order valence-corrected chi connectivity index (χ0v) is 16.8. The molecule has 1 aromatic rings. The van der Waals surface area contributed by atoms with Gasteiger partial charge >= 0.3 is 11.9 Å². The molecule has 1 atom stereocenters. The molecule has 0 radical (unpaired) electrons. The number of ether oxygens (including phenoxy) is 2. The number of hydrogen-bond donors (Lipinski definition) is 3. The van der Waals surface area contributed by atoms with E-state index in [1.807, 2.05) is 6.92 Å². The molecule has 7 heteroatoms. The average molecular weight is 396 g/mol. The molecule has 0 saturated heterocycles. The molecule has 0 aliphatic carbocycles. The maximum atomic E-state index is 11.6. The Morgan fingerprint density at radius 3 is 2.14 bits per heavy atom. The Bertz CT molecular complexity index is 577. The van der Waals surface area contributed by atoms with Gasteiger partial charge in [0.05, 0.1) is 26.2 Å². The van der Waals surface area contributed by atoms with Crippen molar-refractivity contribution in [1.29, 1.82) is 0 Å². The highest BCUT2D eigenvalue weighted by atomic mass is 16.6. The summed E-state index contributed by atoms with van der Waals surface area (Å²) in [6.45, 7) is 3.36. The van der Waals surface area contributed by atoms with Crippen molar-refractivity contribution in [2.45, 2.75) is 45.6 Å². The van der Waals surface area contributed by atoms with Crippen LogP contribution in [0.1, 0.15) is 45.1 Å². The largest absolute Gasteiger partial charge is 0.497 e. The first-order valence-electron chi connectivity index (χ1n) is 9.38. The van der Waals surface area contributed by atoms with Crippen molar-refractivity contribution < 1.29 is 34.4 Å². The lowest BCUT2D eigenvalue weighted by Crippen LogP contribution is -2.29. The highest BCUT2D eigenvalue weighted by Gasteiger charge is 2.20. The summed E-state index contributed by atoms with van der Waals surface area (Å²) in [4.78, 5) is 21.7. The third-order valence-electron chi connectivity index (χ3n) is 3.96. The summed E-state index contributed by atoms with van der Waals surface area (Å²) in [6, 6.07) is 7.14. The highest BCUT2D eigenvalue weighted by Crippen LogP contribution is 2.15. The minimum Gasteiger partial charge on any atom is -0.497 e. The molecule has 1 rings (SSSR count). The number of hydrogen-bond acceptors (Lipinski definition) is 6. The summed E-state index contributed by atoms with van der Waals surface area (Å²) in [5, 5.41) is 25.9. The number of esters is 1. The van der Waals surface area contributed by atoms with E-state index in [-0.39, 0.29) is 25.1 Å². The van der Waals surface area contributed by atoms with Gasteiger partial charge in [0.25, 0.3) is 0 Å². The molecular formula is C21H32O7. The fourth-order valence-electron chi connectivity index (χ4n) is 2.21. The average Bonchev–Trinajstić information content (AvgIpc) is 2.71. The van der Waals surface area contributed by atoms with Crippen LogP contribution in [0.4, 0.5) is 0 Å². The van der Waals surface area contributed by atoms with Crippen LogP contribution in [0.25, 0.3) is 6.08 Å². The molecule has 0 aromatic heterocycles. The van der Waals surface area contributed by atoms with E-state index in [9.17, 15) is 9.59 Å². The first kappa shape index (κ1) is 25.6. The first-order chi connectivity index (χ1) is 13.4. The SMILES string of the molecule is CCCCC(CC)C(=O)OC(CO)CO.COc1ccc(C=CC(=O)O)cc1. The van der Waals surface area contributed by atoms with Gasteiger partial charge in [-0.05, 0) is 36.6 Å². The molecule has 7 nitrogen and oxygen atoms in total. The summed E-state index contributed by atoms with van der Waals surface area (Å²) >= 11 is 0. The van der Waals surface area contributed by atoms with E-state index in [1.165, 1.54) is 6.08 Å². The van der Waals surface area contributed by atoms with E-state index in [1.54, 1.807) is 31.4 Å². The van der Waals surface area contributed by atoms with Crippen molar-refractivity contribution in [3.8, 4) is 5.75 Å². The predicted molar refractivity (Wildman–Crippen MR) is 107 cm³/mol. The summed E-state index contributed by atoms with van der Waals surface area (Å²) in [6.07, 6.45) is 5.46. The van der Waals surface area contributed by atoms with E-state index in [0.717, 1.165) is 43.1 Å². The monoisotopic (exact) mass is 396 g/mol. The molecular weight excluding hydrogens is 364 g/mol. The van der Waals surface area contributed by atoms with Gasteiger partial charge in [0.1, 0.15) is 11.9 Å². The quantitative estimate of drug-likeness (QED) is 0.389. The number of carbonyl (C=O) groups is 2. The number of methoxy groups -OCH3 is 1. The van der Waals surface area contributed by atoms with Gasteiger partial charge < -0.3 is 24.8 Å². The standard InChI is InChI=1S/C11H22O4.C10H10O3/c1-3-5-6-9(4-2)11(14)15-10(7-12)8-13;1-13-9-5-2-8(3-6-9)4-7-10(11)12/h9-10,12-13H,3-8H2,1-2H3;2-7H,1H3,(H,11,12). The molecule has 0 amide bonds. The lowest BCUT2D eigenvalue weighted by molar-refractivity contribution is -0.158. The van der Waals surface area contributed by atoms with Crippen LogP contribution in [-0.4, -0.2) is 53.7 Å². The van der Waals surface area contributed by atoms with Crippen LogP contribution in [0, 0.1) is 5.92 Å². The molecule has 3 N–H and O–H groups in total. The van der Waals surface area contributed by atoms with Crippen LogP contribution in [0.2, 0.25) is 0 Å². The Morgan fingerprint density at radius 2 is 1.71 bits per heavy atom. The fourth-order valence-corrected chi connectivity index (χ4v) is 2.21. The number of carboxylic acid groups (broad SMARTS) is 1. The van der Waals surface area contributed by atoms with Gasteiger partial charge in [0.2, 0.25) is 0 Å². The van der Waals surface area contributed by atoms with Crippen molar-refractivity contribution in [3.63, 3.8) is 0 Å². The van der Waals surface area contributed by atoms with Gasteiger partial charge in [0.15, 0.2) is 0 Å². The number of aliphatic hydroxyl groups excluding tert-OH is 2. The van der Waals surface area contributed by atoms with Crippen LogP contribution < -0.4 is 4.74 Å². The smallest absolute Gasteiger partial charge is 0.328 e. The van der Waals surface area contributed by atoms with E-state index >= 15 is 0 Å². The molecule has 0 heterocycles. The Labute approximate surface area is 166 Å². The summed E-state index contributed by atoms with van der Waals surface area (Å²) in [5.74, 6) is -0.604. The number of aliphatic hydroxyl groups is 2. The number of carbonyl (C=O) groups excluding carboxylic acids is 1. The van der Waals surface area contributed by atoms with Crippen LogP contribution in [-0.2, 0) is 14.3 Å². The minimum atomic E-state index is -0.948. The van der Waals surface area contributed by atoms with Crippen molar-refractivity contribution in [2.75, 3.05) is 20.3 Å². The molecule has 0 aliphatic rings. The number of rotatable bonds is 11. The first-order valence-corrected chi connectivity index (χ1v) is 9.38. The Kier molecular flexibility index (Phi) is 14.3. The zero-order chi connectivity index (χ0) is 21.4. The fraction of sp³-hybridized carbons (Fsp3) is 0.524. The van der Waals surface area contributed by atoms with Crippen molar-refractivity contribution in [2.24, 2.45) is 5.92 Å². The van der Waals surface area contributed by atoms with Crippen molar-refractivity contribution in [1.82, 2.24) is 0 Å². The van der Waals surface area contributed by atoms with Gasteiger partial charge in [-0.2, -0.15) is 0 Å². The zero-order valence-electron chi connectivity index (χ0n) is 16.8. The Balaban J connectivity index is 0.000000525. The van der Waals surface area contributed by atoms with Gasteiger partial charge in [-0.3, -0.25) is 4.79 Å². The summed E-state index contributed by atoms with van der Waals surface area (Å²) < 4.78 is 9.91. The summed E-state index contributed by atoms with van der Waals surface area (Å²) in [5.41, 5.74) is 0.836. The Morgan fingerprint density at radius 1 is 1.11 bits per heavy atom. The van der Waals surface area contributed by atoms with Gasteiger partial charge in [0, 0.05) is 6.08 Å². The molecule has 1 aromatic carbocycles. The molecule has 0 spiro atoms. The number of aliphatic carboxylic acids is 1. The van der Waals surface area contributed by atoms with Crippen molar-refractivity contribution in [3.05, 3.63) is 35.9 Å². The van der Waals surface area contributed by atoms with Crippen LogP contribution in [0.15, 0.2) is 30.3 Å². The maximum Gasteiger partial charge on any atom is 0.328 e. The van der Waals surface area contributed by atoms with E-state index in [2.05, 4.69) is 6.92 Å². The topological polar surface area (TPSA) is 113 Å². The molecule has 0 fully saturated rings. The minimum absolute atomic E-state index is 0.106. The molecule has 158 valence electrons. The lowest BCUT2D eigenvalue weighted by atomic mass is 10.00. The van der Waals surface area contributed by atoms with E-state index < -0.39 is 12.1 Å². The Hall–Kier alpha value is -2.38. The van der Waals surface area contributed by atoms with Crippen LogP contribution >= 0.6 is 0 Å². The van der Waals surface area contributed by atoms with Gasteiger partial charge in [-0.25, -0.2) is 4.79 Å². The second-order valence-corrected chi connectivity index (χ2v) is 6.12. The third kappa shape index (κ3) is 11.4. The maximum absolute atomic E-state index is 11.6. The highest BCUT2D eigenvalue weighted by molar-refractivity contribution is 5.85. The van der Waals surface area contributed by atoms with Crippen LogP contribution in [0.3, 0.4) is 0 Å². The number of unbranched alkanes of at least 4 members (excludes halogenated alkanes) is 1. The molecule has 0 aliphatic heterocycles. The number of carboxylic acids is 1. The molecule has 0 saturated carbocycles. The molecule has 1 unspecified atom stereocenters. The van der Waals surface area contributed by atoms with E-state index in [4.69, 9.17) is 24.8 Å². The van der Waals surface area contributed by atoms with Gasteiger partial charge in [-0.1, -0.05) is 38.8 Å². The second-order valence-electron chi connectivity index (χ2n) is 6.12. The van der Waals surface area contributed by atoms with E-state index in [0.29, 0.717) is 0 Å². The molecule has 0 bridgehead atoms.